The Balaban J connectivity index is 1.51. The quantitative estimate of drug-likeness (QED) is 0.567. The molecule has 2 rings (SSSR count). The van der Waals surface area contributed by atoms with Crippen LogP contribution in [0.25, 0.3) is 0 Å². The van der Waals surface area contributed by atoms with E-state index in [1.165, 1.54) is 5.01 Å². The van der Waals surface area contributed by atoms with Crippen LogP contribution in [0.3, 0.4) is 0 Å². The van der Waals surface area contributed by atoms with Gasteiger partial charge in [0.25, 0.3) is 0 Å². The average Bonchev–Trinajstić information content (AvgIpc) is 3.00. The molecule has 0 atom stereocenters. The molecule has 1 aromatic heterocycles. The van der Waals surface area contributed by atoms with E-state index in [4.69, 9.17) is 27.9 Å². The molecular formula is C18H22Cl2N2O2S. The first-order chi connectivity index (χ1) is 12.1. The molecule has 0 bridgehead atoms. The molecule has 0 radical (unpaired) electrons. The summed E-state index contributed by atoms with van der Waals surface area (Å²) < 4.78 is 5.56. The predicted octanol–water partition coefficient (Wildman–Crippen LogP) is 5.06. The molecule has 0 aliphatic rings. The monoisotopic (exact) mass is 400 g/mol. The molecule has 0 aliphatic carbocycles. The van der Waals surface area contributed by atoms with Gasteiger partial charge in [-0.15, -0.1) is 11.3 Å². The number of rotatable bonds is 10. The third kappa shape index (κ3) is 7.22. The third-order valence-corrected chi connectivity index (χ3v) is 5.36. The molecule has 0 saturated heterocycles. The van der Waals surface area contributed by atoms with Gasteiger partial charge >= 0.3 is 0 Å². The lowest BCUT2D eigenvalue weighted by atomic mass is 10.2. The second-order valence-electron chi connectivity index (χ2n) is 5.69. The Hall–Kier alpha value is -1.30. The highest BCUT2D eigenvalue weighted by atomic mass is 35.5. The molecule has 0 fully saturated rings. The van der Waals surface area contributed by atoms with Gasteiger partial charge in [0.05, 0.1) is 16.6 Å². The van der Waals surface area contributed by atoms with E-state index in [9.17, 15) is 4.79 Å². The zero-order valence-corrected chi connectivity index (χ0v) is 16.5. The number of thiazole rings is 1. The van der Waals surface area contributed by atoms with Crippen LogP contribution in [0.1, 0.15) is 36.4 Å². The van der Waals surface area contributed by atoms with Crippen molar-refractivity contribution in [2.75, 3.05) is 13.2 Å². The number of nitrogens with zero attached hydrogens (tertiary/aromatic N) is 1. The zero-order valence-electron chi connectivity index (χ0n) is 14.2. The number of nitrogens with one attached hydrogen (secondary N) is 1. The van der Waals surface area contributed by atoms with Gasteiger partial charge in [-0.25, -0.2) is 4.98 Å². The number of ether oxygens (including phenoxy) is 1. The number of hydrogen-bond donors (Lipinski definition) is 1. The maximum absolute atomic E-state index is 11.8. The molecule has 25 heavy (non-hydrogen) atoms. The molecule has 7 heteroatoms. The van der Waals surface area contributed by atoms with Crippen LogP contribution >= 0.6 is 34.5 Å². The molecule has 136 valence electrons. The van der Waals surface area contributed by atoms with Crippen molar-refractivity contribution in [3.05, 3.63) is 44.3 Å². The topological polar surface area (TPSA) is 51.2 Å². The first kappa shape index (κ1) is 20.0. The van der Waals surface area contributed by atoms with Gasteiger partial charge in [0, 0.05) is 24.0 Å². The molecule has 2 aromatic rings. The van der Waals surface area contributed by atoms with Gasteiger partial charge in [0.15, 0.2) is 0 Å². The lowest BCUT2D eigenvalue weighted by Crippen LogP contribution is -2.24. The Kier molecular flexibility index (Phi) is 8.52. The van der Waals surface area contributed by atoms with E-state index in [2.05, 4.69) is 15.7 Å². The van der Waals surface area contributed by atoms with Crippen molar-refractivity contribution in [2.24, 2.45) is 0 Å². The van der Waals surface area contributed by atoms with E-state index in [1.807, 2.05) is 6.92 Å². The summed E-state index contributed by atoms with van der Waals surface area (Å²) in [5.74, 6) is 0.595. The van der Waals surface area contributed by atoms with Crippen molar-refractivity contribution in [1.82, 2.24) is 10.3 Å². The van der Waals surface area contributed by atoms with Crippen molar-refractivity contribution in [3.63, 3.8) is 0 Å². The summed E-state index contributed by atoms with van der Waals surface area (Å²) in [7, 11) is 0. The summed E-state index contributed by atoms with van der Waals surface area (Å²) in [5, 5.41) is 7.04. The molecule has 1 amide bonds. The summed E-state index contributed by atoms with van der Waals surface area (Å²) in [6.45, 7) is 3.13. The highest BCUT2D eigenvalue weighted by molar-refractivity contribution is 7.09. The van der Waals surface area contributed by atoms with Crippen LogP contribution in [0.5, 0.6) is 5.75 Å². The number of amides is 1. The molecule has 0 aliphatic heterocycles. The second-order valence-corrected chi connectivity index (χ2v) is 7.42. The van der Waals surface area contributed by atoms with E-state index < -0.39 is 0 Å². The van der Waals surface area contributed by atoms with Gasteiger partial charge in [-0.2, -0.15) is 0 Å². The predicted molar refractivity (Wildman–Crippen MR) is 104 cm³/mol. The maximum atomic E-state index is 11.8. The first-order valence-corrected chi connectivity index (χ1v) is 9.94. The van der Waals surface area contributed by atoms with E-state index in [1.54, 1.807) is 29.5 Å². The number of carbonyl (C=O) groups excluding carboxylic acids is 1. The van der Waals surface area contributed by atoms with Crippen molar-refractivity contribution >= 4 is 40.4 Å². The van der Waals surface area contributed by atoms with Gasteiger partial charge in [-0.05, 0) is 44.7 Å². The summed E-state index contributed by atoms with van der Waals surface area (Å²) >= 11 is 13.7. The SMILES string of the molecule is Cc1csc(CCCCNC(=O)CCCOc2cccc(Cl)c2Cl)n1. The molecule has 0 unspecified atom stereocenters. The Morgan fingerprint density at radius 1 is 1.28 bits per heavy atom. The summed E-state index contributed by atoms with van der Waals surface area (Å²) in [5.41, 5.74) is 1.08. The standard InChI is InChI=1S/C18H22Cl2N2O2S/c1-13-12-25-17(22-13)9-2-3-10-21-16(23)8-5-11-24-15-7-4-6-14(19)18(15)20/h4,6-7,12H,2-3,5,8-11H2,1H3,(H,21,23). The largest absolute Gasteiger partial charge is 0.492 e. The fourth-order valence-corrected chi connectivity index (χ4v) is 3.41. The van der Waals surface area contributed by atoms with Crippen molar-refractivity contribution in [2.45, 2.75) is 39.0 Å². The Labute approximate surface area is 162 Å². The van der Waals surface area contributed by atoms with Crippen LogP contribution in [0.4, 0.5) is 0 Å². The number of hydrogen-bond acceptors (Lipinski definition) is 4. The van der Waals surface area contributed by atoms with Crippen LogP contribution < -0.4 is 10.1 Å². The highest BCUT2D eigenvalue weighted by Crippen LogP contribution is 2.31. The molecule has 0 saturated carbocycles. The van der Waals surface area contributed by atoms with Gasteiger partial charge in [-0.1, -0.05) is 29.3 Å². The number of unbranched alkanes of at least 4 members (excludes halogenated alkanes) is 1. The summed E-state index contributed by atoms with van der Waals surface area (Å²) in [6.07, 6.45) is 4.03. The van der Waals surface area contributed by atoms with Crippen LogP contribution in [0.2, 0.25) is 10.0 Å². The fourth-order valence-electron chi connectivity index (χ4n) is 2.25. The minimum atomic E-state index is 0.0471. The van der Waals surface area contributed by atoms with E-state index >= 15 is 0 Å². The number of aryl methyl sites for hydroxylation is 2. The van der Waals surface area contributed by atoms with Gasteiger partial charge in [-0.3, -0.25) is 4.79 Å². The molecule has 1 heterocycles. The van der Waals surface area contributed by atoms with Gasteiger partial charge < -0.3 is 10.1 Å². The summed E-state index contributed by atoms with van der Waals surface area (Å²) in [6, 6.07) is 5.25. The minimum Gasteiger partial charge on any atom is -0.492 e. The molecular weight excluding hydrogens is 379 g/mol. The Bertz CT molecular complexity index is 691. The zero-order chi connectivity index (χ0) is 18.1. The normalized spacial score (nSPS) is 10.7. The van der Waals surface area contributed by atoms with Crippen LogP contribution in [-0.2, 0) is 11.2 Å². The van der Waals surface area contributed by atoms with Crippen molar-refractivity contribution in [3.8, 4) is 5.75 Å². The molecule has 1 N–H and O–H groups in total. The number of benzene rings is 1. The smallest absolute Gasteiger partial charge is 0.220 e. The van der Waals surface area contributed by atoms with Crippen LogP contribution in [-0.4, -0.2) is 24.0 Å². The Morgan fingerprint density at radius 3 is 2.88 bits per heavy atom. The van der Waals surface area contributed by atoms with Crippen LogP contribution in [0, 0.1) is 6.92 Å². The minimum absolute atomic E-state index is 0.0471. The maximum Gasteiger partial charge on any atom is 0.220 e. The number of carbonyl (C=O) groups is 1. The summed E-state index contributed by atoms with van der Waals surface area (Å²) in [4.78, 5) is 16.2. The van der Waals surface area contributed by atoms with E-state index in [0.717, 1.165) is 25.0 Å². The number of aromatic nitrogens is 1. The second kappa shape index (κ2) is 10.6. The van der Waals surface area contributed by atoms with E-state index in [0.29, 0.717) is 41.8 Å². The van der Waals surface area contributed by atoms with E-state index in [-0.39, 0.29) is 5.91 Å². The highest BCUT2D eigenvalue weighted by Gasteiger charge is 2.06. The molecule has 1 aromatic carbocycles. The third-order valence-electron chi connectivity index (χ3n) is 3.53. The van der Waals surface area contributed by atoms with Gasteiger partial charge in [0.2, 0.25) is 5.91 Å². The molecule has 4 nitrogen and oxygen atoms in total. The van der Waals surface area contributed by atoms with Crippen LogP contribution in [0.15, 0.2) is 23.6 Å². The molecule has 0 spiro atoms. The number of halogens is 2. The average molecular weight is 401 g/mol. The first-order valence-electron chi connectivity index (χ1n) is 8.31. The lowest BCUT2D eigenvalue weighted by molar-refractivity contribution is -0.121. The lowest BCUT2D eigenvalue weighted by Gasteiger charge is -2.09. The fraction of sp³-hybridized carbons (Fsp3) is 0.444. The van der Waals surface area contributed by atoms with Crippen molar-refractivity contribution < 1.29 is 9.53 Å². The Morgan fingerprint density at radius 2 is 2.12 bits per heavy atom. The van der Waals surface area contributed by atoms with Crippen molar-refractivity contribution in [1.29, 1.82) is 0 Å². The van der Waals surface area contributed by atoms with Gasteiger partial charge in [0.1, 0.15) is 10.8 Å².